The highest BCUT2D eigenvalue weighted by Gasteiger charge is 2.21. The summed E-state index contributed by atoms with van der Waals surface area (Å²) in [5.74, 6) is -0.588. The number of primary amides is 1. The van der Waals surface area contributed by atoms with Gasteiger partial charge >= 0.3 is 0 Å². The van der Waals surface area contributed by atoms with Gasteiger partial charge in [-0.25, -0.2) is 0 Å². The van der Waals surface area contributed by atoms with Crippen molar-refractivity contribution in [3.8, 4) is 0 Å². The van der Waals surface area contributed by atoms with Crippen molar-refractivity contribution < 1.29 is 9.59 Å². The summed E-state index contributed by atoms with van der Waals surface area (Å²) in [6.45, 7) is 1.33. The number of carbonyl (C=O) groups excluding carboxylic acids is 2. The minimum atomic E-state index is -0.523. The molecule has 0 radical (unpaired) electrons. The van der Waals surface area contributed by atoms with E-state index in [9.17, 15) is 9.59 Å². The first kappa shape index (κ1) is 12.6. The van der Waals surface area contributed by atoms with Gasteiger partial charge in [0.15, 0.2) is 0 Å². The fraction of sp³-hybridized carbons (Fsp3) is 0.385. The Bertz CT molecular complexity index is 465. The van der Waals surface area contributed by atoms with Crippen LogP contribution in [0.4, 0.5) is 0 Å². The van der Waals surface area contributed by atoms with E-state index in [4.69, 9.17) is 11.5 Å². The number of piperidine rings is 1. The second-order valence-electron chi connectivity index (χ2n) is 4.57. The van der Waals surface area contributed by atoms with Gasteiger partial charge in [-0.3, -0.25) is 9.59 Å². The van der Waals surface area contributed by atoms with Gasteiger partial charge in [-0.2, -0.15) is 0 Å². The van der Waals surface area contributed by atoms with Gasteiger partial charge in [-0.05, 0) is 31.0 Å². The number of nitrogens with two attached hydrogens (primary N) is 2. The van der Waals surface area contributed by atoms with Crippen LogP contribution in [-0.4, -0.2) is 35.8 Å². The van der Waals surface area contributed by atoms with Gasteiger partial charge in [0.1, 0.15) is 0 Å². The molecule has 1 fully saturated rings. The van der Waals surface area contributed by atoms with E-state index in [1.54, 1.807) is 29.2 Å². The summed E-state index contributed by atoms with van der Waals surface area (Å²) in [7, 11) is 0. The Kier molecular flexibility index (Phi) is 3.62. The Morgan fingerprint density at radius 3 is 2.39 bits per heavy atom. The second kappa shape index (κ2) is 5.18. The number of likely N-dealkylation sites (tertiary alicyclic amines) is 1. The molecule has 1 aliphatic heterocycles. The van der Waals surface area contributed by atoms with Crippen LogP contribution in [0.3, 0.4) is 0 Å². The van der Waals surface area contributed by atoms with E-state index >= 15 is 0 Å². The van der Waals surface area contributed by atoms with E-state index in [2.05, 4.69) is 0 Å². The van der Waals surface area contributed by atoms with Crippen molar-refractivity contribution in [1.82, 2.24) is 4.90 Å². The van der Waals surface area contributed by atoms with Crippen LogP contribution >= 0.6 is 0 Å². The maximum absolute atomic E-state index is 12.2. The third kappa shape index (κ3) is 2.68. The molecule has 5 nitrogen and oxygen atoms in total. The Morgan fingerprint density at radius 2 is 1.78 bits per heavy atom. The van der Waals surface area contributed by atoms with Gasteiger partial charge in [0.2, 0.25) is 5.91 Å². The second-order valence-corrected chi connectivity index (χ2v) is 4.57. The first-order chi connectivity index (χ1) is 8.58. The number of nitrogens with zero attached hydrogens (tertiary/aromatic N) is 1. The predicted molar refractivity (Wildman–Crippen MR) is 68.1 cm³/mol. The molecule has 0 atom stereocenters. The summed E-state index contributed by atoms with van der Waals surface area (Å²) >= 11 is 0. The summed E-state index contributed by atoms with van der Waals surface area (Å²) in [6, 6.07) is 6.70. The highest BCUT2D eigenvalue weighted by Crippen LogP contribution is 2.13. The van der Waals surface area contributed by atoms with Gasteiger partial charge in [0.25, 0.3) is 5.91 Å². The normalized spacial score (nSPS) is 16.6. The number of rotatable bonds is 2. The molecule has 96 valence electrons. The molecule has 0 saturated carbocycles. The first-order valence-electron chi connectivity index (χ1n) is 6.02. The van der Waals surface area contributed by atoms with Gasteiger partial charge in [0.05, 0.1) is 0 Å². The minimum absolute atomic E-state index is 0.0648. The van der Waals surface area contributed by atoms with Crippen LogP contribution in [0.2, 0.25) is 0 Å². The van der Waals surface area contributed by atoms with Crippen molar-refractivity contribution in [3.05, 3.63) is 35.4 Å². The monoisotopic (exact) mass is 247 g/mol. The number of amides is 2. The molecule has 5 heteroatoms. The molecule has 1 heterocycles. The molecule has 0 bridgehead atoms. The molecule has 2 rings (SSSR count). The van der Waals surface area contributed by atoms with Gasteiger partial charge in [0, 0.05) is 30.3 Å². The fourth-order valence-electron chi connectivity index (χ4n) is 2.09. The zero-order valence-electron chi connectivity index (χ0n) is 10.1. The molecular formula is C13H17N3O2. The van der Waals surface area contributed by atoms with Crippen LogP contribution in [0.15, 0.2) is 24.3 Å². The lowest BCUT2D eigenvalue weighted by atomic mass is 10.0. The van der Waals surface area contributed by atoms with Crippen LogP contribution in [-0.2, 0) is 0 Å². The standard InChI is InChI=1S/C13H17N3O2/c14-11-4-6-16(7-5-11)13(18)10-3-1-2-9(8-10)12(15)17/h1-3,8,11H,4-7,14H2,(H2,15,17). The SMILES string of the molecule is NC(=O)c1cccc(C(=O)N2CCC(N)CC2)c1. The van der Waals surface area contributed by atoms with Gasteiger partial charge in [-0.1, -0.05) is 6.07 Å². The number of hydrogen-bond acceptors (Lipinski definition) is 3. The van der Waals surface area contributed by atoms with Crippen LogP contribution < -0.4 is 11.5 Å². The zero-order chi connectivity index (χ0) is 13.1. The van der Waals surface area contributed by atoms with Crippen molar-refractivity contribution in [1.29, 1.82) is 0 Å². The molecule has 4 N–H and O–H groups in total. The molecule has 1 saturated heterocycles. The summed E-state index contributed by atoms with van der Waals surface area (Å²) in [5.41, 5.74) is 11.9. The molecule has 0 unspecified atom stereocenters. The molecule has 0 aromatic heterocycles. The van der Waals surface area contributed by atoms with Crippen LogP contribution in [0.1, 0.15) is 33.6 Å². The van der Waals surface area contributed by atoms with E-state index < -0.39 is 5.91 Å². The highest BCUT2D eigenvalue weighted by molar-refractivity contribution is 5.99. The molecule has 0 aliphatic carbocycles. The quantitative estimate of drug-likeness (QED) is 0.790. The smallest absolute Gasteiger partial charge is 0.253 e. The van der Waals surface area contributed by atoms with Crippen molar-refractivity contribution in [2.24, 2.45) is 11.5 Å². The third-order valence-corrected chi connectivity index (χ3v) is 3.22. The summed E-state index contributed by atoms with van der Waals surface area (Å²) < 4.78 is 0. The van der Waals surface area contributed by atoms with Crippen molar-refractivity contribution in [2.45, 2.75) is 18.9 Å². The average molecular weight is 247 g/mol. The van der Waals surface area contributed by atoms with Crippen molar-refractivity contribution >= 4 is 11.8 Å². The molecule has 1 aromatic rings. The van der Waals surface area contributed by atoms with E-state index in [0.717, 1.165) is 12.8 Å². The van der Waals surface area contributed by atoms with E-state index in [1.807, 2.05) is 0 Å². The Balaban J connectivity index is 2.13. The maximum Gasteiger partial charge on any atom is 0.253 e. The lowest BCUT2D eigenvalue weighted by Gasteiger charge is -2.30. The molecule has 1 aliphatic rings. The topological polar surface area (TPSA) is 89.4 Å². The highest BCUT2D eigenvalue weighted by atomic mass is 16.2. The molecule has 0 spiro atoms. The Hall–Kier alpha value is -1.88. The maximum atomic E-state index is 12.2. The Morgan fingerprint density at radius 1 is 1.17 bits per heavy atom. The summed E-state index contributed by atoms with van der Waals surface area (Å²) in [6.07, 6.45) is 1.64. The van der Waals surface area contributed by atoms with Crippen molar-refractivity contribution in [2.75, 3.05) is 13.1 Å². The predicted octanol–water partition coefficient (Wildman–Crippen LogP) is 0.349. The summed E-state index contributed by atoms with van der Waals surface area (Å²) in [4.78, 5) is 25.1. The van der Waals surface area contributed by atoms with E-state index in [0.29, 0.717) is 24.2 Å². The van der Waals surface area contributed by atoms with E-state index in [-0.39, 0.29) is 11.9 Å². The molecule has 1 aromatic carbocycles. The van der Waals surface area contributed by atoms with Crippen LogP contribution in [0.5, 0.6) is 0 Å². The first-order valence-corrected chi connectivity index (χ1v) is 6.02. The van der Waals surface area contributed by atoms with Crippen molar-refractivity contribution in [3.63, 3.8) is 0 Å². The van der Waals surface area contributed by atoms with Crippen LogP contribution in [0, 0.1) is 0 Å². The average Bonchev–Trinajstić information content (AvgIpc) is 2.39. The van der Waals surface area contributed by atoms with Gasteiger partial charge in [-0.15, -0.1) is 0 Å². The third-order valence-electron chi connectivity index (χ3n) is 3.22. The summed E-state index contributed by atoms with van der Waals surface area (Å²) in [5, 5.41) is 0. The van der Waals surface area contributed by atoms with Gasteiger partial charge < -0.3 is 16.4 Å². The number of hydrogen-bond donors (Lipinski definition) is 2. The number of carbonyl (C=O) groups is 2. The molecular weight excluding hydrogens is 230 g/mol. The largest absolute Gasteiger partial charge is 0.366 e. The molecule has 18 heavy (non-hydrogen) atoms. The number of benzene rings is 1. The van der Waals surface area contributed by atoms with Crippen LogP contribution in [0.25, 0.3) is 0 Å². The zero-order valence-corrected chi connectivity index (χ0v) is 10.1. The minimum Gasteiger partial charge on any atom is -0.366 e. The van der Waals surface area contributed by atoms with E-state index in [1.165, 1.54) is 0 Å². The lowest BCUT2D eigenvalue weighted by molar-refractivity contribution is 0.0715. The lowest BCUT2D eigenvalue weighted by Crippen LogP contribution is -2.42. The Labute approximate surface area is 106 Å². The molecule has 2 amide bonds. The fourth-order valence-corrected chi connectivity index (χ4v) is 2.09.